The number of hydrogen-bond donors (Lipinski definition) is 2. The van der Waals surface area contributed by atoms with Crippen molar-refractivity contribution in [3.8, 4) is 0 Å². The van der Waals surface area contributed by atoms with Crippen molar-refractivity contribution < 1.29 is 19.1 Å². The topological polar surface area (TPSA) is 114 Å². The molecule has 2 N–H and O–H groups in total. The van der Waals surface area contributed by atoms with E-state index in [0.717, 1.165) is 28.6 Å². The van der Waals surface area contributed by atoms with Crippen LogP contribution in [0.2, 0.25) is 0 Å². The van der Waals surface area contributed by atoms with Crippen molar-refractivity contribution in [3.63, 3.8) is 0 Å². The van der Waals surface area contributed by atoms with Crippen LogP contribution >= 0.6 is 11.3 Å². The average molecular weight is 510 g/mol. The van der Waals surface area contributed by atoms with Crippen molar-refractivity contribution in [1.29, 1.82) is 0 Å². The minimum atomic E-state index is -0.720. The molecule has 1 aliphatic heterocycles. The second-order valence-electron chi connectivity index (χ2n) is 10.2. The highest BCUT2D eigenvalue weighted by atomic mass is 32.1. The van der Waals surface area contributed by atoms with Gasteiger partial charge in [-0.15, -0.1) is 11.3 Å². The SMILES string of the molecule is Cc1cc(NC(=O)C(=O)N2C[C@H](C)CC[C@H]2c2ccc3ncsc3c2)cnc1NC(=O)OC(C)(C)C. The maximum Gasteiger partial charge on any atom is 0.413 e. The van der Waals surface area contributed by atoms with Gasteiger partial charge < -0.3 is 15.0 Å². The van der Waals surface area contributed by atoms with E-state index in [1.165, 1.54) is 6.20 Å². The summed E-state index contributed by atoms with van der Waals surface area (Å²) in [6.07, 6.45) is 2.55. The summed E-state index contributed by atoms with van der Waals surface area (Å²) in [6.45, 7) is 9.66. The Bertz CT molecular complexity index is 1300. The highest BCUT2D eigenvalue weighted by molar-refractivity contribution is 7.16. The van der Waals surface area contributed by atoms with Crippen LogP contribution in [0.5, 0.6) is 0 Å². The van der Waals surface area contributed by atoms with Crippen molar-refractivity contribution in [3.05, 3.63) is 47.1 Å². The van der Waals surface area contributed by atoms with Gasteiger partial charge in [-0.3, -0.25) is 14.9 Å². The van der Waals surface area contributed by atoms with E-state index in [0.29, 0.717) is 29.5 Å². The molecule has 0 spiro atoms. The van der Waals surface area contributed by atoms with Crippen molar-refractivity contribution in [2.45, 2.75) is 59.1 Å². The molecule has 1 fully saturated rings. The van der Waals surface area contributed by atoms with E-state index in [-0.39, 0.29) is 6.04 Å². The fraction of sp³-hybridized carbons (Fsp3) is 0.423. The first kappa shape index (κ1) is 25.6. The van der Waals surface area contributed by atoms with Crippen LogP contribution in [0.25, 0.3) is 10.2 Å². The van der Waals surface area contributed by atoms with Gasteiger partial charge >= 0.3 is 17.9 Å². The Labute approximate surface area is 214 Å². The highest BCUT2D eigenvalue weighted by Crippen LogP contribution is 2.35. The van der Waals surface area contributed by atoms with Crippen LogP contribution < -0.4 is 10.6 Å². The molecule has 4 rings (SSSR count). The molecule has 0 unspecified atom stereocenters. The number of anilines is 2. The van der Waals surface area contributed by atoms with E-state index in [9.17, 15) is 14.4 Å². The lowest BCUT2D eigenvalue weighted by Crippen LogP contribution is -2.46. The van der Waals surface area contributed by atoms with E-state index in [1.54, 1.807) is 55.5 Å². The molecule has 2 atom stereocenters. The Morgan fingerprint density at radius 1 is 1.11 bits per heavy atom. The Morgan fingerprint density at radius 3 is 2.61 bits per heavy atom. The molecule has 3 heterocycles. The molecule has 0 aliphatic carbocycles. The molecule has 3 amide bonds. The predicted molar refractivity (Wildman–Crippen MR) is 140 cm³/mol. The lowest BCUT2D eigenvalue weighted by Gasteiger charge is -2.38. The molecular formula is C26H31N5O4S. The second-order valence-corrected chi connectivity index (χ2v) is 11.1. The van der Waals surface area contributed by atoms with Gasteiger partial charge in [0.2, 0.25) is 0 Å². The zero-order chi connectivity index (χ0) is 26.0. The van der Waals surface area contributed by atoms with Gasteiger partial charge in [-0.05, 0) is 75.8 Å². The standard InChI is InChI=1S/C26H31N5O4S/c1-15-6-9-20(17-7-8-19-21(11-17)36-14-28-19)31(13-15)24(33)23(32)29-18-10-16(2)22(27-12-18)30-25(34)35-26(3,4)5/h7-8,10-12,14-15,20H,6,9,13H2,1-5H3,(H,29,32)(H,27,30,34)/t15-,20+/m1/s1. The van der Waals surface area contributed by atoms with Crippen molar-refractivity contribution in [2.24, 2.45) is 5.92 Å². The number of pyridine rings is 1. The number of carbonyl (C=O) groups is 3. The van der Waals surface area contributed by atoms with Gasteiger partial charge in [-0.2, -0.15) is 0 Å². The van der Waals surface area contributed by atoms with E-state index in [4.69, 9.17) is 4.74 Å². The first-order valence-corrected chi connectivity index (χ1v) is 12.8. The number of ether oxygens (including phenoxy) is 1. The van der Waals surface area contributed by atoms with Crippen molar-refractivity contribution >= 4 is 51.0 Å². The Morgan fingerprint density at radius 2 is 1.89 bits per heavy atom. The molecule has 10 heteroatoms. The fourth-order valence-electron chi connectivity index (χ4n) is 4.29. The minimum Gasteiger partial charge on any atom is -0.444 e. The number of hydrogen-bond acceptors (Lipinski definition) is 7. The zero-order valence-corrected chi connectivity index (χ0v) is 21.9. The van der Waals surface area contributed by atoms with Crippen LogP contribution in [-0.2, 0) is 14.3 Å². The van der Waals surface area contributed by atoms with E-state index < -0.39 is 23.5 Å². The molecule has 0 radical (unpaired) electrons. The normalized spacial score (nSPS) is 18.1. The van der Waals surface area contributed by atoms with Gasteiger partial charge in [0.15, 0.2) is 0 Å². The fourth-order valence-corrected chi connectivity index (χ4v) is 5.02. The first-order chi connectivity index (χ1) is 17.0. The number of fused-ring (bicyclic) bond motifs is 1. The molecule has 1 saturated heterocycles. The van der Waals surface area contributed by atoms with Gasteiger partial charge in [0.1, 0.15) is 11.4 Å². The molecule has 0 saturated carbocycles. The number of piperidine rings is 1. The number of benzene rings is 1. The van der Waals surface area contributed by atoms with E-state index in [1.807, 2.05) is 12.1 Å². The summed E-state index contributed by atoms with van der Waals surface area (Å²) in [7, 11) is 0. The Hall–Kier alpha value is -3.53. The number of likely N-dealkylation sites (tertiary alicyclic amines) is 1. The number of rotatable bonds is 3. The number of thiazole rings is 1. The third kappa shape index (κ3) is 5.99. The summed E-state index contributed by atoms with van der Waals surface area (Å²) >= 11 is 1.56. The van der Waals surface area contributed by atoms with Gasteiger partial charge in [0.05, 0.1) is 33.7 Å². The summed E-state index contributed by atoms with van der Waals surface area (Å²) in [5.74, 6) is -0.684. The summed E-state index contributed by atoms with van der Waals surface area (Å²) in [4.78, 5) is 48.5. The summed E-state index contributed by atoms with van der Waals surface area (Å²) in [5, 5.41) is 5.26. The van der Waals surface area contributed by atoms with Crippen LogP contribution in [0.4, 0.5) is 16.3 Å². The van der Waals surface area contributed by atoms with Gasteiger partial charge in [0, 0.05) is 6.54 Å². The zero-order valence-electron chi connectivity index (χ0n) is 21.1. The summed E-state index contributed by atoms with van der Waals surface area (Å²) < 4.78 is 6.31. The smallest absolute Gasteiger partial charge is 0.413 e. The second kappa shape index (κ2) is 10.2. The predicted octanol–water partition coefficient (Wildman–Crippen LogP) is 5.29. The minimum absolute atomic E-state index is 0.175. The lowest BCUT2D eigenvalue weighted by atomic mass is 9.89. The average Bonchev–Trinajstić information content (AvgIpc) is 3.27. The number of aromatic nitrogens is 2. The molecule has 36 heavy (non-hydrogen) atoms. The summed E-state index contributed by atoms with van der Waals surface area (Å²) in [6, 6.07) is 7.49. The molecule has 190 valence electrons. The number of nitrogens with one attached hydrogen (secondary N) is 2. The first-order valence-electron chi connectivity index (χ1n) is 11.9. The van der Waals surface area contributed by atoms with Crippen LogP contribution in [0.15, 0.2) is 36.0 Å². The third-order valence-corrected chi connectivity index (χ3v) is 6.76. The van der Waals surface area contributed by atoms with Crippen LogP contribution in [-0.4, -0.2) is 44.9 Å². The Balaban J connectivity index is 1.46. The monoisotopic (exact) mass is 509 g/mol. The maximum atomic E-state index is 13.3. The van der Waals surface area contributed by atoms with E-state index in [2.05, 4.69) is 33.6 Å². The maximum absolute atomic E-state index is 13.3. The lowest BCUT2D eigenvalue weighted by molar-refractivity contribution is -0.146. The number of carbonyl (C=O) groups excluding carboxylic acids is 3. The number of nitrogens with zero attached hydrogens (tertiary/aromatic N) is 3. The molecule has 9 nitrogen and oxygen atoms in total. The van der Waals surface area contributed by atoms with Crippen molar-refractivity contribution in [1.82, 2.24) is 14.9 Å². The highest BCUT2D eigenvalue weighted by Gasteiger charge is 2.34. The number of amides is 3. The number of aryl methyl sites for hydroxylation is 1. The molecule has 3 aromatic rings. The van der Waals surface area contributed by atoms with Crippen LogP contribution in [0.1, 0.15) is 57.7 Å². The molecular weight excluding hydrogens is 478 g/mol. The molecule has 2 aromatic heterocycles. The molecule has 1 aliphatic rings. The summed E-state index contributed by atoms with van der Waals surface area (Å²) in [5.41, 5.74) is 4.09. The van der Waals surface area contributed by atoms with Gasteiger partial charge in [-0.1, -0.05) is 13.0 Å². The van der Waals surface area contributed by atoms with E-state index >= 15 is 0 Å². The van der Waals surface area contributed by atoms with Crippen LogP contribution in [0.3, 0.4) is 0 Å². The van der Waals surface area contributed by atoms with Gasteiger partial charge in [0.25, 0.3) is 0 Å². The third-order valence-electron chi connectivity index (χ3n) is 5.97. The Kier molecular flexibility index (Phi) is 7.26. The van der Waals surface area contributed by atoms with Crippen molar-refractivity contribution in [2.75, 3.05) is 17.2 Å². The van der Waals surface area contributed by atoms with Crippen LogP contribution in [0, 0.1) is 12.8 Å². The molecule has 1 aromatic carbocycles. The molecule has 0 bridgehead atoms. The quantitative estimate of drug-likeness (QED) is 0.464. The largest absolute Gasteiger partial charge is 0.444 e. The van der Waals surface area contributed by atoms with Gasteiger partial charge in [-0.25, -0.2) is 14.8 Å².